The van der Waals surface area contributed by atoms with Crippen molar-refractivity contribution in [2.45, 2.75) is 6.10 Å². The number of Topliss-reactive ketones (excluding diaryl/α,β-unsaturated/α-hetero) is 1. The molecule has 1 atom stereocenters. The Bertz CT molecular complexity index is 769. The van der Waals surface area contributed by atoms with Crippen LogP contribution in [0.3, 0.4) is 0 Å². The molecule has 0 radical (unpaired) electrons. The molecule has 0 aliphatic heterocycles. The number of benzene rings is 2. The molecule has 6 heteroatoms. The summed E-state index contributed by atoms with van der Waals surface area (Å²) in [6.45, 7) is 3.48. The number of carbonyl (C=O) groups excluding carboxylic acids is 1. The Morgan fingerprint density at radius 2 is 1.56 bits per heavy atom. The second-order valence-corrected chi connectivity index (χ2v) is 5.03. The van der Waals surface area contributed by atoms with Gasteiger partial charge in [0.1, 0.15) is 6.10 Å². The summed E-state index contributed by atoms with van der Waals surface area (Å²) >= 11 is 0. The zero-order valence-corrected chi connectivity index (χ0v) is 14.3. The smallest absolute Gasteiger partial charge is 0.195 e. The van der Waals surface area contributed by atoms with Gasteiger partial charge in [-0.1, -0.05) is 12.6 Å². The summed E-state index contributed by atoms with van der Waals surface area (Å²) < 4.78 is 20.7. The number of hydrogen-bond donors (Lipinski definition) is 1. The SMILES string of the molecule is C=COc1ccc(C(O)C(=O)c2ccc(OC)c(OC)c2)cc1OC. The van der Waals surface area contributed by atoms with Crippen molar-refractivity contribution in [3.05, 3.63) is 60.4 Å². The average molecular weight is 344 g/mol. The lowest BCUT2D eigenvalue weighted by Crippen LogP contribution is -2.13. The van der Waals surface area contributed by atoms with Gasteiger partial charge in [0.05, 0.1) is 27.6 Å². The summed E-state index contributed by atoms with van der Waals surface area (Å²) in [6.07, 6.45) is -0.0901. The van der Waals surface area contributed by atoms with E-state index in [0.717, 1.165) is 0 Å². The van der Waals surface area contributed by atoms with Gasteiger partial charge in [0.15, 0.2) is 28.8 Å². The zero-order chi connectivity index (χ0) is 18.4. The van der Waals surface area contributed by atoms with Gasteiger partial charge in [-0.05, 0) is 35.9 Å². The van der Waals surface area contributed by atoms with E-state index in [-0.39, 0.29) is 0 Å². The second-order valence-electron chi connectivity index (χ2n) is 5.03. The minimum absolute atomic E-state index is 0.301. The predicted molar refractivity (Wildman–Crippen MR) is 92.7 cm³/mol. The summed E-state index contributed by atoms with van der Waals surface area (Å²) in [5, 5.41) is 10.4. The van der Waals surface area contributed by atoms with E-state index in [1.54, 1.807) is 30.3 Å². The van der Waals surface area contributed by atoms with Crippen LogP contribution in [-0.4, -0.2) is 32.2 Å². The fourth-order valence-corrected chi connectivity index (χ4v) is 2.34. The first-order valence-corrected chi connectivity index (χ1v) is 7.45. The van der Waals surface area contributed by atoms with E-state index >= 15 is 0 Å². The molecule has 1 unspecified atom stereocenters. The van der Waals surface area contributed by atoms with E-state index in [2.05, 4.69) is 6.58 Å². The van der Waals surface area contributed by atoms with Gasteiger partial charge in [-0.2, -0.15) is 0 Å². The standard InChI is InChI=1S/C19H20O6/c1-5-25-15-9-7-13(11-17(15)24-4)19(21)18(20)12-6-8-14(22-2)16(10-12)23-3/h5-11,19,21H,1H2,2-4H3. The summed E-state index contributed by atoms with van der Waals surface area (Å²) in [7, 11) is 4.46. The molecule has 2 aromatic carbocycles. The summed E-state index contributed by atoms with van der Waals surface area (Å²) in [6, 6.07) is 9.43. The largest absolute Gasteiger partial charge is 0.493 e. The molecule has 2 aromatic rings. The van der Waals surface area contributed by atoms with Crippen LogP contribution in [0.4, 0.5) is 0 Å². The van der Waals surface area contributed by atoms with Gasteiger partial charge in [0.25, 0.3) is 0 Å². The van der Waals surface area contributed by atoms with Crippen LogP contribution in [0.2, 0.25) is 0 Å². The lowest BCUT2D eigenvalue weighted by Gasteiger charge is -2.14. The molecule has 132 valence electrons. The van der Waals surface area contributed by atoms with E-state index < -0.39 is 11.9 Å². The Morgan fingerprint density at radius 1 is 0.960 bits per heavy atom. The van der Waals surface area contributed by atoms with Crippen LogP contribution < -0.4 is 18.9 Å². The second kappa shape index (κ2) is 8.21. The lowest BCUT2D eigenvalue weighted by molar-refractivity contribution is 0.0746. The third-order valence-electron chi connectivity index (χ3n) is 3.63. The van der Waals surface area contributed by atoms with E-state index in [1.165, 1.54) is 33.7 Å². The van der Waals surface area contributed by atoms with Crippen LogP contribution in [0.15, 0.2) is 49.2 Å². The molecule has 0 fully saturated rings. The lowest BCUT2D eigenvalue weighted by atomic mass is 9.99. The summed E-state index contributed by atoms with van der Waals surface area (Å²) in [5.41, 5.74) is 0.684. The van der Waals surface area contributed by atoms with Gasteiger partial charge < -0.3 is 24.1 Å². The van der Waals surface area contributed by atoms with Crippen LogP contribution in [0.1, 0.15) is 22.0 Å². The fraction of sp³-hybridized carbons (Fsp3) is 0.211. The van der Waals surface area contributed by atoms with Crippen molar-refractivity contribution in [2.24, 2.45) is 0 Å². The monoisotopic (exact) mass is 344 g/mol. The molecular weight excluding hydrogens is 324 g/mol. The first kappa shape index (κ1) is 18.4. The molecule has 0 saturated carbocycles. The van der Waals surface area contributed by atoms with Crippen molar-refractivity contribution in [3.63, 3.8) is 0 Å². The van der Waals surface area contributed by atoms with E-state index in [4.69, 9.17) is 18.9 Å². The summed E-state index contributed by atoms with van der Waals surface area (Å²) in [4.78, 5) is 12.6. The molecule has 0 heterocycles. The maximum Gasteiger partial charge on any atom is 0.195 e. The van der Waals surface area contributed by atoms with E-state index in [1.807, 2.05) is 0 Å². The molecule has 0 saturated heterocycles. The number of aliphatic hydroxyl groups is 1. The van der Waals surface area contributed by atoms with Gasteiger partial charge in [-0.25, -0.2) is 0 Å². The third-order valence-corrected chi connectivity index (χ3v) is 3.63. The fourth-order valence-electron chi connectivity index (χ4n) is 2.34. The quantitative estimate of drug-likeness (QED) is 0.586. The minimum Gasteiger partial charge on any atom is -0.493 e. The van der Waals surface area contributed by atoms with Gasteiger partial charge in [-0.3, -0.25) is 4.79 Å². The van der Waals surface area contributed by atoms with Crippen molar-refractivity contribution in [1.82, 2.24) is 0 Å². The highest BCUT2D eigenvalue weighted by molar-refractivity contribution is 6.00. The van der Waals surface area contributed by atoms with Crippen molar-refractivity contribution in [3.8, 4) is 23.0 Å². The highest BCUT2D eigenvalue weighted by atomic mass is 16.5. The van der Waals surface area contributed by atoms with Crippen molar-refractivity contribution >= 4 is 5.78 Å². The molecule has 0 bridgehead atoms. The topological polar surface area (TPSA) is 74.2 Å². The highest BCUT2D eigenvalue weighted by Crippen LogP contribution is 2.33. The number of methoxy groups -OCH3 is 3. The number of ether oxygens (including phenoxy) is 4. The Balaban J connectivity index is 2.32. The Kier molecular flexibility index (Phi) is 6.03. The maximum atomic E-state index is 12.6. The molecular formula is C19H20O6. The van der Waals surface area contributed by atoms with Crippen LogP contribution in [0.25, 0.3) is 0 Å². The van der Waals surface area contributed by atoms with Crippen molar-refractivity contribution in [1.29, 1.82) is 0 Å². The minimum atomic E-state index is -1.36. The van der Waals surface area contributed by atoms with Crippen LogP contribution in [-0.2, 0) is 0 Å². The van der Waals surface area contributed by atoms with Gasteiger partial charge in [0.2, 0.25) is 0 Å². The predicted octanol–water partition coefficient (Wildman–Crippen LogP) is 3.15. The van der Waals surface area contributed by atoms with Gasteiger partial charge in [0, 0.05) is 5.56 Å². The van der Waals surface area contributed by atoms with Gasteiger partial charge >= 0.3 is 0 Å². The number of ketones is 1. The molecule has 0 aliphatic carbocycles. The van der Waals surface area contributed by atoms with Crippen LogP contribution in [0.5, 0.6) is 23.0 Å². The van der Waals surface area contributed by atoms with Crippen molar-refractivity contribution in [2.75, 3.05) is 21.3 Å². The highest BCUT2D eigenvalue weighted by Gasteiger charge is 2.22. The number of rotatable bonds is 8. The average Bonchev–Trinajstić information content (AvgIpc) is 2.66. The number of aliphatic hydroxyl groups excluding tert-OH is 1. The molecule has 0 aromatic heterocycles. The molecule has 0 spiro atoms. The number of carbonyl (C=O) groups is 1. The molecule has 0 aliphatic rings. The maximum absolute atomic E-state index is 12.6. The third kappa shape index (κ3) is 3.92. The molecule has 2 rings (SSSR count). The van der Waals surface area contributed by atoms with E-state index in [9.17, 15) is 9.90 Å². The first-order valence-electron chi connectivity index (χ1n) is 7.45. The Labute approximate surface area is 146 Å². The molecule has 6 nitrogen and oxygen atoms in total. The van der Waals surface area contributed by atoms with Crippen molar-refractivity contribution < 1.29 is 28.8 Å². The molecule has 25 heavy (non-hydrogen) atoms. The normalized spacial score (nSPS) is 11.4. The Morgan fingerprint density at radius 3 is 2.16 bits per heavy atom. The first-order chi connectivity index (χ1) is 12.0. The zero-order valence-electron chi connectivity index (χ0n) is 14.3. The van der Waals surface area contributed by atoms with Crippen LogP contribution >= 0.6 is 0 Å². The number of hydrogen-bond acceptors (Lipinski definition) is 6. The van der Waals surface area contributed by atoms with Gasteiger partial charge in [-0.15, -0.1) is 0 Å². The van der Waals surface area contributed by atoms with E-state index in [0.29, 0.717) is 34.1 Å². The van der Waals surface area contributed by atoms with Crippen LogP contribution in [0, 0.1) is 0 Å². The Hall–Kier alpha value is -2.99. The summed E-state index contributed by atoms with van der Waals surface area (Å²) in [5.74, 6) is 1.26. The molecule has 1 N–H and O–H groups in total. The molecule has 0 amide bonds.